The van der Waals surface area contributed by atoms with Gasteiger partial charge in [-0.15, -0.1) is 0 Å². The van der Waals surface area contributed by atoms with Crippen molar-refractivity contribution in [1.29, 1.82) is 0 Å². The fourth-order valence-corrected chi connectivity index (χ4v) is 2.13. The number of carbonyl (C=O) groups is 1. The molecule has 0 heterocycles. The van der Waals surface area contributed by atoms with E-state index in [0.717, 1.165) is 5.56 Å². The molecular formula is C16H16ClNO3. The second-order valence-corrected chi connectivity index (χ2v) is 4.92. The maximum Gasteiger partial charge on any atom is 0.255 e. The molecule has 0 spiro atoms. The summed E-state index contributed by atoms with van der Waals surface area (Å²) in [5, 5.41) is 3.37. The Morgan fingerprint density at radius 3 is 2.38 bits per heavy atom. The zero-order valence-corrected chi connectivity index (χ0v) is 12.8. The van der Waals surface area contributed by atoms with Crippen LogP contribution in [0.4, 0.5) is 5.69 Å². The Bertz CT molecular complexity index is 671. The summed E-state index contributed by atoms with van der Waals surface area (Å²) in [6.45, 7) is 1.88. The highest BCUT2D eigenvalue weighted by Gasteiger charge is 2.12. The lowest BCUT2D eigenvalue weighted by molar-refractivity contribution is 0.102. The summed E-state index contributed by atoms with van der Waals surface area (Å²) in [5.41, 5.74) is 2.04. The molecule has 0 saturated heterocycles. The quantitative estimate of drug-likeness (QED) is 0.931. The van der Waals surface area contributed by atoms with E-state index in [-0.39, 0.29) is 5.91 Å². The highest BCUT2D eigenvalue weighted by Crippen LogP contribution is 2.33. The average Bonchev–Trinajstić information content (AvgIpc) is 2.48. The molecule has 0 aliphatic carbocycles. The molecule has 0 atom stereocenters. The molecule has 0 saturated carbocycles. The normalized spacial score (nSPS) is 10.1. The third-order valence-electron chi connectivity index (χ3n) is 3.07. The molecule has 0 fully saturated rings. The van der Waals surface area contributed by atoms with Gasteiger partial charge in [-0.3, -0.25) is 4.79 Å². The van der Waals surface area contributed by atoms with Gasteiger partial charge in [0.05, 0.1) is 14.2 Å². The summed E-state index contributed by atoms with van der Waals surface area (Å²) in [5.74, 6) is 0.952. The second-order valence-electron chi connectivity index (χ2n) is 4.49. The Labute approximate surface area is 128 Å². The highest BCUT2D eigenvalue weighted by atomic mass is 35.5. The molecule has 1 amide bonds. The Morgan fingerprint density at radius 1 is 1.10 bits per heavy atom. The molecule has 2 rings (SSSR count). The number of methoxy groups -OCH3 is 2. The van der Waals surface area contributed by atoms with E-state index in [0.29, 0.717) is 27.8 Å². The van der Waals surface area contributed by atoms with Crippen molar-refractivity contribution < 1.29 is 14.3 Å². The lowest BCUT2D eigenvalue weighted by Gasteiger charge is -2.13. The van der Waals surface area contributed by atoms with Gasteiger partial charge in [0.15, 0.2) is 11.5 Å². The van der Waals surface area contributed by atoms with Gasteiger partial charge in [0.2, 0.25) is 0 Å². The van der Waals surface area contributed by atoms with Crippen LogP contribution in [0.3, 0.4) is 0 Å². The number of hydrogen-bond acceptors (Lipinski definition) is 3. The van der Waals surface area contributed by atoms with E-state index in [1.807, 2.05) is 13.0 Å². The number of hydrogen-bond donors (Lipinski definition) is 1. The van der Waals surface area contributed by atoms with Gasteiger partial charge in [0, 0.05) is 22.3 Å². The number of benzene rings is 2. The third kappa shape index (κ3) is 3.47. The monoisotopic (exact) mass is 305 g/mol. The van der Waals surface area contributed by atoms with Crippen molar-refractivity contribution in [3.8, 4) is 11.5 Å². The van der Waals surface area contributed by atoms with E-state index in [1.165, 1.54) is 0 Å². The minimum absolute atomic E-state index is 0.229. The largest absolute Gasteiger partial charge is 0.493 e. The number of rotatable bonds is 4. The Hall–Kier alpha value is -2.20. The van der Waals surface area contributed by atoms with E-state index < -0.39 is 0 Å². The predicted molar refractivity (Wildman–Crippen MR) is 83.7 cm³/mol. The zero-order valence-electron chi connectivity index (χ0n) is 12.1. The fraction of sp³-hybridized carbons (Fsp3) is 0.188. The van der Waals surface area contributed by atoms with Crippen molar-refractivity contribution >= 4 is 23.2 Å². The van der Waals surface area contributed by atoms with Crippen LogP contribution in [0, 0.1) is 6.92 Å². The van der Waals surface area contributed by atoms with Gasteiger partial charge < -0.3 is 14.8 Å². The first-order valence-corrected chi connectivity index (χ1v) is 6.72. The first-order valence-electron chi connectivity index (χ1n) is 6.34. The predicted octanol–water partition coefficient (Wildman–Crippen LogP) is 3.92. The summed E-state index contributed by atoms with van der Waals surface area (Å²) in [6.07, 6.45) is 0. The van der Waals surface area contributed by atoms with Gasteiger partial charge in [-0.25, -0.2) is 0 Å². The Balaban J connectivity index is 2.29. The summed E-state index contributed by atoms with van der Waals surface area (Å²) >= 11 is 5.89. The van der Waals surface area contributed by atoms with Crippen molar-refractivity contribution in [2.75, 3.05) is 19.5 Å². The number of halogens is 1. The topological polar surface area (TPSA) is 47.6 Å². The van der Waals surface area contributed by atoms with Crippen molar-refractivity contribution in [3.05, 3.63) is 52.5 Å². The van der Waals surface area contributed by atoms with Gasteiger partial charge in [-0.1, -0.05) is 17.7 Å². The lowest BCUT2D eigenvalue weighted by atomic mass is 10.1. The standard InChI is InChI=1S/C16H16ClNO3/c1-10-7-14(20-2)15(21-3)9-13(10)18-16(19)11-5-4-6-12(17)8-11/h4-9H,1-3H3,(H,18,19). The molecule has 21 heavy (non-hydrogen) atoms. The number of aryl methyl sites for hydroxylation is 1. The van der Waals surface area contributed by atoms with Crippen molar-refractivity contribution in [2.45, 2.75) is 6.92 Å². The van der Waals surface area contributed by atoms with Crippen LogP contribution in [0.2, 0.25) is 5.02 Å². The minimum atomic E-state index is -0.229. The van der Waals surface area contributed by atoms with Gasteiger partial charge >= 0.3 is 0 Å². The summed E-state index contributed by atoms with van der Waals surface area (Å²) < 4.78 is 10.5. The fourth-order valence-electron chi connectivity index (χ4n) is 1.94. The van der Waals surface area contributed by atoms with Crippen LogP contribution in [0.25, 0.3) is 0 Å². The maximum atomic E-state index is 12.2. The summed E-state index contributed by atoms with van der Waals surface area (Å²) in [4.78, 5) is 12.2. The maximum absolute atomic E-state index is 12.2. The molecular weight excluding hydrogens is 290 g/mol. The number of nitrogens with one attached hydrogen (secondary N) is 1. The second kappa shape index (κ2) is 6.50. The summed E-state index contributed by atoms with van der Waals surface area (Å²) in [6, 6.07) is 10.3. The van der Waals surface area contributed by atoms with Crippen LogP contribution in [0.15, 0.2) is 36.4 Å². The van der Waals surface area contributed by atoms with E-state index >= 15 is 0 Å². The Morgan fingerprint density at radius 2 is 1.76 bits per heavy atom. The van der Waals surface area contributed by atoms with Crippen LogP contribution in [0.1, 0.15) is 15.9 Å². The van der Waals surface area contributed by atoms with Crippen molar-refractivity contribution in [1.82, 2.24) is 0 Å². The summed E-state index contributed by atoms with van der Waals surface area (Å²) in [7, 11) is 3.12. The molecule has 1 N–H and O–H groups in total. The van der Waals surface area contributed by atoms with Crippen molar-refractivity contribution in [2.24, 2.45) is 0 Å². The van der Waals surface area contributed by atoms with E-state index in [9.17, 15) is 4.79 Å². The number of carbonyl (C=O) groups excluding carboxylic acids is 1. The van der Waals surface area contributed by atoms with E-state index in [4.69, 9.17) is 21.1 Å². The molecule has 0 unspecified atom stereocenters. The molecule has 2 aromatic carbocycles. The molecule has 4 nitrogen and oxygen atoms in total. The van der Waals surface area contributed by atoms with Crippen molar-refractivity contribution in [3.63, 3.8) is 0 Å². The van der Waals surface area contributed by atoms with Crippen LogP contribution in [-0.2, 0) is 0 Å². The molecule has 0 radical (unpaired) electrons. The van der Waals surface area contributed by atoms with E-state index in [1.54, 1.807) is 44.6 Å². The number of ether oxygens (including phenoxy) is 2. The molecule has 2 aromatic rings. The van der Waals surface area contributed by atoms with Gasteiger partial charge in [-0.05, 0) is 36.8 Å². The Kier molecular flexibility index (Phi) is 4.70. The van der Waals surface area contributed by atoms with E-state index in [2.05, 4.69) is 5.32 Å². The average molecular weight is 306 g/mol. The third-order valence-corrected chi connectivity index (χ3v) is 3.30. The van der Waals surface area contributed by atoms with Gasteiger partial charge in [-0.2, -0.15) is 0 Å². The van der Waals surface area contributed by atoms with Crippen LogP contribution in [-0.4, -0.2) is 20.1 Å². The van der Waals surface area contributed by atoms with Crippen LogP contribution in [0.5, 0.6) is 11.5 Å². The molecule has 5 heteroatoms. The minimum Gasteiger partial charge on any atom is -0.493 e. The SMILES string of the molecule is COc1cc(C)c(NC(=O)c2cccc(Cl)c2)cc1OC. The molecule has 110 valence electrons. The highest BCUT2D eigenvalue weighted by molar-refractivity contribution is 6.31. The zero-order chi connectivity index (χ0) is 15.4. The molecule has 0 aliphatic rings. The molecule has 0 aliphatic heterocycles. The first kappa shape index (κ1) is 15.2. The lowest BCUT2D eigenvalue weighted by Crippen LogP contribution is -2.13. The van der Waals surface area contributed by atoms with Crippen LogP contribution < -0.4 is 14.8 Å². The first-order chi connectivity index (χ1) is 10.0. The molecule has 0 bridgehead atoms. The van der Waals surface area contributed by atoms with Gasteiger partial charge in [0.25, 0.3) is 5.91 Å². The smallest absolute Gasteiger partial charge is 0.255 e. The van der Waals surface area contributed by atoms with Gasteiger partial charge in [0.1, 0.15) is 0 Å². The number of anilines is 1. The number of amides is 1. The molecule has 0 aromatic heterocycles. The van der Waals surface area contributed by atoms with Crippen LogP contribution >= 0.6 is 11.6 Å².